The third-order valence-electron chi connectivity index (χ3n) is 3.87. The maximum atomic E-state index is 12.2. The normalized spacial score (nSPS) is 10.9. The summed E-state index contributed by atoms with van der Waals surface area (Å²) in [6.07, 6.45) is 4.28. The number of anilines is 1. The molecule has 1 amide bonds. The Morgan fingerprint density at radius 1 is 1.31 bits per heavy atom. The minimum absolute atomic E-state index is 0.167. The standard InChI is InChI=1S/C17H19ClN6OS/c1-3-24-14(10-12-6-5-9-23(12)2)21-22-17(24)26-11-15(25)20-13-7-4-8-19-16(13)18/h4-9H,3,10-11H2,1-2H3,(H,20,25). The van der Waals surface area contributed by atoms with E-state index in [0.29, 0.717) is 12.1 Å². The summed E-state index contributed by atoms with van der Waals surface area (Å²) < 4.78 is 4.09. The lowest BCUT2D eigenvalue weighted by molar-refractivity contribution is -0.113. The van der Waals surface area contributed by atoms with Gasteiger partial charge in [0.1, 0.15) is 5.82 Å². The maximum Gasteiger partial charge on any atom is 0.234 e. The molecule has 0 aromatic carbocycles. The second-order valence-electron chi connectivity index (χ2n) is 5.61. The van der Waals surface area contributed by atoms with Gasteiger partial charge in [0, 0.05) is 38.1 Å². The van der Waals surface area contributed by atoms with Crippen molar-refractivity contribution in [2.24, 2.45) is 7.05 Å². The molecule has 3 aromatic rings. The molecule has 136 valence electrons. The molecule has 0 spiro atoms. The van der Waals surface area contributed by atoms with E-state index in [9.17, 15) is 4.79 Å². The number of halogens is 1. The van der Waals surface area contributed by atoms with Gasteiger partial charge in [-0.05, 0) is 31.2 Å². The van der Waals surface area contributed by atoms with Gasteiger partial charge in [0.25, 0.3) is 0 Å². The third-order valence-corrected chi connectivity index (χ3v) is 5.13. The predicted octanol–water partition coefficient (Wildman–Crippen LogP) is 3.01. The van der Waals surface area contributed by atoms with Gasteiger partial charge >= 0.3 is 0 Å². The Labute approximate surface area is 160 Å². The Hall–Kier alpha value is -2.32. The summed E-state index contributed by atoms with van der Waals surface area (Å²) in [4.78, 5) is 16.1. The zero-order chi connectivity index (χ0) is 18.5. The van der Waals surface area contributed by atoms with Gasteiger partial charge in [0.2, 0.25) is 5.91 Å². The fourth-order valence-electron chi connectivity index (χ4n) is 2.51. The van der Waals surface area contributed by atoms with Crippen molar-refractivity contribution >= 4 is 35.0 Å². The molecular formula is C17H19ClN6OS. The van der Waals surface area contributed by atoms with E-state index in [1.54, 1.807) is 18.3 Å². The van der Waals surface area contributed by atoms with Crippen LogP contribution >= 0.6 is 23.4 Å². The molecular weight excluding hydrogens is 372 g/mol. The van der Waals surface area contributed by atoms with Crippen LogP contribution in [-0.2, 0) is 24.8 Å². The van der Waals surface area contributed by atoms with Crippen LogP contribution in [0.2, 0.25) is 5.15 Å². The van der Waals surface area contributed by atoms with E-state index in [0.717, 1.165) is 23.2 Å². The quantitative estimate of drug-likeness (QED) is 0.495. The largest absolute Gasteiger partial charge is 0.354 e. The van der Waals surface area contributed by atoms with Gasteiger partial charge in [-0.25, -0.2) is 4.98 Å². The minimum Gasteiger partial charge on any atom is -0.354 e. The molecule has 0 atom stereocenters. The summed E-state index contributed by atoms with van der Waals surface area (Å²) in [7, 11) is 2.01. The van der Waals surface area contributed by atoms with Gasteiger partial charge < -0.3 is 14.5 Å². The van der Waals surface area contributed by atoms with E-state index >= 15 is 0 Å². The monoisotopic (exact) mass is 390 g/mol. The number of aromatic nitrogens is 5. The Balaban J connectivity index is 1.64. The summed E-state index contributed by atoms with van der Waals surface area (Å²) in [5.74, 6) is 0.931. The van der Waals surface area contributed by atoms with Crippen LogP contribution in [0, 0.1) is 0 Å². The van der Waals surface area contributed by atoms with Crippen LogP contribution in [0.15, 0.2) is 41.8 Å². The van der Waals surface area contributed by atoms with Gasteiger partial charge in [0.15, 0.2) is 10.3 Å². The maximum absolute atomic E-state index is 12.2. The lowest BCUT2D eigenvalue weighted by atomic mass is 10.3. The highest BCUT2D eigenvalue weighted by molar-refractivity contribution is 7.99. The highest BCUT2D eigenvalue weighted by Gasteiger charge is 2.15. The molecule has 0 aliphatic heterocycles. The molecule has 1 N–H and O–H groups in total. The van der Waals surface area contributed by atoms with E-state index in [1.165, 1.54) is 11.8 Å². The van der Waals surface area contributed by atoms with Crippen molar-refractivity contribution in [2.75, 3.05) is 11.1 Å². The molecule has 0 aliphatic carbocycles. The Morgan fingerprint density at radius 3 is 2.85 bits per heavy atom. The molecule has 0 radical (unpaired) electrons. The van der Waals surface area contributed by atoms with Gasteiger partial charge in [-0.1, -0.05) is 23.4 Å². The van der Waals surface area contributed by atoms with Gasteiger partial charge in [-0.15, -0.1) is 10.2 Å². The molecule has 0 saturated carbocycles. The summed E-state index contributed by atoms with van der Waals surface area (Å²) in [5.41, 5.74) is 1.66. The summed E-state index contributed by atoms with van der Waals surface area (Å²) >= 11 is 7.31. The van der Waals surface area contributed by atoms with E-state index in [1.807, 2.05) is 30.8 Å². The first-order valence-corrected chi connectivity index (χ1v) is 9.50. The first kappa shape index (κ1) is 18.5. The van der Waals surface area contributed by atoms with Crippen LogP contribution in [0.25, 0.3) is 0 Å². The van der Waals surface area contributed by atoms with Crippen molar-refractivity contribution < 1.29 is 4.79 Å². The molecule has 0 saturated heterocycles. The van der Waals surface area contributed by atoms with Crippen molar-refractivity contribution in [1.82, 2.24) is 24.3 Å². The van der Waals surface area contributed by atoms with Crippen molar-refractivity contribution in [2.45, 2.75) is 25.0 Å². The van der Waals surface area contributed by atoms with Crippen LogP contribution < -0.4 is 5.32 Å². The number of hydrogen-bond acceptors (Lipinski definition) is 5. The molecule has 0 aliphatic rings. The predicted molar refractivity (Wildman–Crippen MR) is 103 cm³/mol. The Kier molecular flexibility index (Phi) is 5.95. The number of aryl methyl sites for hydroxylation is 1. The molecule has 3 rings (SSSR count). The average molecular weight is 391 g/mol. The van der Waals surface area contributed by atoms with Gasteiger partial charge in [-0.2, -0.15) is 0 Å². The molecule has 9 heteroatoms. The number of nitrogens with one attached hydrogen (secondary N) is 1. The highest BCUT2D eigenvalue weighted by Crippen LogP contribution is 2.21. The molecule has 0 fully saturated rings. The molecule has 0 unspecified atom stereocenters. The lowest BCUT2D eigenvalue weighted by Gasteiger charge is -2.08. The van der Waals surface area contributed by atoms with Crippen LogP contribution in [0.5, 0.6) is 0 Å². The van der Waals surface area contributed by atoms with E-state index < -0.39 is 0 Å². The Bertz CT molecular complexity index is 906. The lowest BCUT2D eigenvalue weighted by Crippen LogP contribution is -2.15. The molecule has 3 aromatic heterocycles. The van der Waals surface area contributed by atoms with Crippen molar-refractivity contribution in [3.63, 3.8) is 0 Å². The van der Waals surface area contributed by atoms with E-state index in [-0.39, 0.29) is 16.8 Å². The number of nitrogens with zero attached hydrogens (tertiary/aromatic N) is 5. The minimum atomic E-state index is -0.167. The second kappa shape index (κ2) is 8.37. The zero-order valence-corrected chi connectivity index (χ0v) is 16.1. The fraction of sp³-hybridized carbons (Fsp3) is 0.294. The number of carbonyl (C=O) groups is 1. The van der Waals surface area contributed by atoms with Crippen molar-refractivity contribution in [3.8, 4) is 0 Å². The zero-order valence-electron chi connectivity index (χ0n) is 14.5. The first-order chi connectivity index (χ1) is 12.6. The number of amides is 1. The van der Waals surface area contributed by atoms with Crippen LogP contribution in [0.1, 0.15) is 18.4 Å². The number of hydrogen-bond donors (Lipinski definition) is 1. The third kappa shape index (κ3) is 4.25. The molecule has 26 heavy (non-hydrogen) atoms. The second-order valence-corrected chi connectivity index (χ2v) is 6.91. The van der Waals surface area contributed by atoms with Gasteiger partial charge in [0.05, 0.1) is 11.4 Å². The fourth-order valence-corrected chi connectivity index (χ4v) is 3.50. The number of carbonyl (C=O) groups excluding carboxylic acids is 1. The average Bonchev–Trinajstić information content (AvgIpc) is 3.21. The van der Waals surface area contributed by atoms with Crippen LogP contribution in [0.3, 0.4) is 0 Å². The van der Waals surface area contributed by atoms with Crippen molar-refractivity contribution in [3.05, 3.63) is 53.3 Å². The van der Waals surface area contributed by atoms with Crippen LogP contribution in [0.4, 0.5) is 5.69 Å². The molecule has 0 bridgehead atoms. The summed E-state index contributed by atoms with van der Waals surface area (Å²) in [6.45, 7) is 2.78. The number of rotatable bonds is 7. The van der Waals surface area contributed by atoms with Crippen molar-refractivity contribution in [1.29, 1.82) is 0 Å². The van der Waals surface area contributed by atoms with Crippen LogP contribution in [-0.4, -0.2) is 36.0 Å². The first-order valence-electron chi connectivity index (χ1n) is 8.14. The molecule has 3 heterocycles. The SMILES string of the molecule is CCn1c(Cc2cccn2C)nnc1SCC(=O)Nc1cccnc1Cl. The number of thioether (sulfide) groups is 1. The molecule has 7 nitrogen and oxygen atoms in total. The number of pyridine rings is 1. The smallest absolute Gasteiger partial charge is 0.234 e. The Morgan fingerprint density at radius 2 is 2.15 bits per heavy atom. The van der Waals surface area contributed by atoms with Gasteiger partial charge in [-0.3, -0.25) is 4.79 Å². The highest BCUT2D eigenvalue weighted by atomic mass is 35.5. The topological polar surface area (TPSA) is 77.6 Å². The van der Waals surface area contributed by atoms with E-state index in [4.69, 9.17) is 11.6 Å². The van der Waals surface area contributed by atoms with E-state index in [2.05, 4.69) is 31.1 Å². The summed E-state index contributed by atoms with van der Waals surface area (Å²) in [5, 5.41) is 12.3. The summed E-state index contributed by atoms with van der Waals surface area (Å²) in [6, 6.07) is 7.50.